The SMILES string of the molecule is COc1cc2nc(C)nc(N[C@H](C)c3cc(N)cc(C(F)(F)F)c3)c2cc1C1=CCC(C(=O)N2CCC(CCOCC3CCN(C(=O)c4ccc(Cl)c(N(CCC=O)C(N)=O)c4)CC3)CC2)CC1. The van der Waals surface area contributed by atoms with Crippen molar-refractivity contribution in [2.45, 2.75) is 83.9 Å². The first-order valence-electron chi connectivity index (χ1n) is 23.3. The Bertz CT molecular complexity index is 2530. The summed E-state index contributed by atoms with van der Waals surface area (Å²) in [5.41, 5.74) is 14.2. The summed E-state index contributed by atoms with van der Waals surface area (Å²) in [4.78, 5) is 64.4. The lowest BCUT2D eigenvalue weighted by Gasteiger charge is -2.35. The predicted octanol–water partition coefficient (Wildman–Crippen LogP) is 9.23. The molecule has 0 bridgehead atoms. The lowest BCUT2D eigenvalue weighted by molar-refractivity contribution is -0.138. The van der Waals surface area contributed by atoms with Crippen LogP contribution in [0.15, 0.2) is 54.6 Å². The summed E-state index contributed by atoms with van der Waals surface area (Å²) < 4.78 is 52.8. The van der Waals surface area contributed by atoms with Crippen molar-refractivity contribution in [1.82, 2.24) is 19.8 Å². The van der Waals surface area contributed by atoms with E-state index in [4.69, 9.17) is 32.5 Å². The lowest BCUT2D eigenvalue weighted by Crippen LogP contribution is -2.42. The third-order valence-corrected chi connectivity index (χ3v) is 13.8. The highest BCUT2D eigenvalue weighted by atomic mass is 35.5. The molecule has 14 nitrogen and oxygen atoms in total. The molecule has 2 saturated heterocycles. The highest BCUT2D eigenvalue weighted by Gasteiger charge is 2.33. The second-order valence-electron chi connectivity index (χ2n) is 18.1. The van der Waals surface area contributed by atoms with Crippen molar-refractivity contribution in [1.29, 1.82) is 0 Å². The summed E-state index contributed by atoms with van der Waals surface area (Å²) in [5.74, 6) is 2.32. The lowest BCUT2D eigenvalue weighted by atomic mass is 9.84. The molecular formula is C50H60ClF3N8O6. The number of hydrogen-bond donors (Lipinski definition) is 3. The maximum absolute atomic E-state index is 13.8. The molecule has 4 amide bonds. The first kappa shape index (κ1) is 50.0. The second-order valence-corrected chi connectivity index (χ2v) is 18.5. The number of alkyl halides is 3. The average molecular weight is 962 g/mol. The van der Waals surface area contributed by atoms with Gasteiger partial charge in [-0.05, 0) is 131 Å². The van der Waals surface area contributed by atoms with Crippen LogP contribution >= 0.6 is 11.6 Å². The number of amides is 4. The molecule has 4 aromatic rings. The van der Waals surface area contributed by atoms with Crippen molar-refractivity contribution in [2.24, 2.45) is 23.5 Å². The molecule has 3 aromatic carbocycles. The number of nitrogen functional groups attached to an aromatic ring is 1. The zero-order valence-electron chi connectivity index (χ0n) is 38.7. The van der Waals surface area contributed by atoms with Gasteiger partial charge in [0.2, 0.25) is 5.91 Å². The molecule has 0 radical (unpaired) electrons. The van der Waals surface area contributed by atoms with Crippen LogP contribution < -0.4 is 26.4 Å². The number of primary amides is 1. The number of aldehydes is 1. The molecule has 18 heteroatoms. The Labute approximate surface area is 399 Å². The number of fused-ring (bicyclic) bond motifs is 1. The number of carbonyl (C=O) groups is 4. The van der Waals surface area contributed by atoms with Gasteiger partial charge in [-0.2, -0.15) is 13.2 Å². The van der Waals surface area contributed by atoms with E-state index >= 15 is 0 Å². The van der Waals surface area contributed by atoms with Crippen LogP contribution in [0.3, 0.4) is 0 Å². The van der Waals surface area contributed by atoms with Crippen LogP contribution in [0.1, 0.15) is 104 Å². The number of piperidine rings is 2. The Kier molecular flexibility index (Phi) is 16.2. The summed E-state index contributed by atoms with van der Waals surface area (Å²) >= 11 is 6.34. The number of anilines is 3. The summed E-state index contributed by atoms with van der Waals surface area (Å²) in [5, 5.41) is 4.25. The average Bonchev–Trinajstić information content (AvgIpc) is 3.32. The van der Waals surface area contributed by atoms with E-state index in [1.165, 1.54) is 11.0 Å². The fraction of sp³-hybridized carbons (Fsp3) is 0.480. The third-order valence-electron chi connectivity index (χ3n) is 13.5. The molecule has 2 fully saturated rings. The Morgan fingerprint density at radius 3 is 2.37 bits per heavy atom. The third kappa shape index (κ3) is 12.0. The molecule has 5 N–H and O–H groups in total. The number of aromatic nitrogens is 2. The van der Waals surface area contributed by atoms with Crippen LogP contribution in [0.25, 0.3) is 16.5 Å². The number of halogens is 4. The number of allylic oxidation sites excluding steroid dienone is 2. The number of urea groups is 1. The van der Waals surface area contributed by atoms with Gasteiger partial charge >= 0.3 is 12.2 Å². The summed E-state index contributed by atoms with van der Waals surface area (Å²) in [6.45, 7) is 7.45. The van der Waals surface area contributed by atoms with Crippen LogP contribution in [-0.4, -0.2) is 96.9 Å². The molecule has 2 aliphatic heterocycles. The molecule has 0 spiro atoms. The van der Waals surface area contributed by atoms with Crippen molar-refractivity contribution in [3.63, 3.8) is 0 Å². The van der Waals surface area contributed by atoms with Gasteiger partial charge in [0.15, 0.2) is 0 Å². The fourth-order valence-corrected chi connectivity index (χ4v) is 9.77. The first-order chi connectivity index (χ1) is 32.5. The number of aryl methyl sites for hydroxylation is 1. The van der Waals surface area contributed by atoms with Crippen molar-refractivity contribution in [3.8, 4) is 5.75 Å². The van der Waals surface area contributed by atoms with Gasteiger partial charge in [0.1, 0.15) is 23.7 Å². The zero-order chi connectivity index (χ0) is 48.7. The van der Waals surface area contributed by atoms with E-state index in [0.717, 1.165) is 68.5 Å². The van der Waals surface area contributed by atoms with Crippen molar-refractivity contribution in [2.75, 3.05) is 69.0 Å². The number of likely N-dealkylation sites (tertiary alicyclic amines) is 2. The molecular weight excluding hydrogens is 901 g/mol. The minimum absolute atomic E-state index is 0.0189. The minimum atomic E-state index is -4.54. The number of nitrogens with one attached hydrogen (secondary N) is 1. The molecule has 2 atom stereocenters. The molecule has 0 saturated carbocycles. The van der Waals surface area contributed by atoms with Gasteiger partial charge in [0, 0.05) is 86.5 Å². The van der Waals surface area contributed by atoms with Gasteiger partial charge in [-0.1, -0.05) is 17.7 Å². The topological polar surface area (TPSA) is 186 Å². The van der Waals surface area contributed by atoms with Crippen LogP contribution in [0.2, 0.25) is 5.02 Å². The van der Waals surface area contributed by atoms with Crippen molar-refractivity contribution < 1.29 is 41.8 Å². The number of ether oxygens (including phenoxy) is 2. The van der Waals surface area contributed by atoms with Crippen LogP contribution in [-0.2, 0) is 20.5 Å². The Morgan fingerprint density at radius 2 is 1.71 bits per heavy atom. The highest BCUT2D eigenvalue weighted by molar-refractivity contribution is 6.34. The van der Waals surface area contributed by atoms with Gasteiger partial charge < -0.3 is 40.9 Å². The van der Waals surface area contributed by atoms with E-state index in [-0.39, 0.29) is 41.4 Å². The van der Waals surface area contributed by atoms with E-state index in [2.05, 4.69) is 21.4 Å². The van der Waals surface area contributed by atoms with Crippen molar-refractivity contribution >= 4 is 69.4 Å². The van der Waals surface area contributed by atoms with Gasteiger partial charge in [-0.25, -0.2) is 14.8 Å². The van der Waals surface area contributed by atoms with Crippen LogP contribution in [0, 0.1) is 24.7 Å². The van der Waals surface area contributed by atoms with Crippen LogP contribution in [0.5, 0.6) is 5.75 Å². The van der Waals surface area contributed by atoms with E-state index in [1.807, 2.05) is 17.0 Å². The smallest absolute Gasteiger partial charge is 0.416 e. The molecule has 364 valence electrons. The van der Waals surface area contributed by atoms with E-state index in [9.17, 15) is 32.3 Å². The first-order valence-corrected chi connectivity index (χ1v) is 23.7. The second kappa shape index (κ2) is 22.0. The molecule has 1 aliphatic carbocycles. The maximum Gasteiger partial charge on any atom is 0.416 e. The largest absolute Gasteiger partial charge is 0.496 e. The molecule has 3 aliphatic rings. The number of hydrogen-bond acceptors (Lipinski definition) is 10. The predicted molar refractivity (Wildman–Crippen MR) is 256 cm³/mol. The van der Waals surface area contributed by atoms with E-state index < -0.39 is 23.8 Å². The summed E-state index contributed by atoms with van der Waals surface area (Å²) in [6, 6.07) is 10.8. The van der Waals surface area contributed by atoms with E-state index in [0.29, 0.717) is 109 Å². The maximum atomic E-state index is 13.8. The fourth-order valence-electron chi connectivity index (χ4n) is 9.55. The number of nitrogens with two attached hydrogens (primary N) is 2. The van der Waals surface area contributed by atoms with Crippen LogP contribution in [0.4, 0.5) is 35.2 Å². The van der Waals surface area contributed by atoms with Gasteiger partial charge in [0.25, 0.3) is 5.91 Å². The number of rotatable bonds is 16. The summed E-state index contributed by atoms with van der Waals surface area (Å²) in [6.07, 6.45) is 4.72. The normalized spacial score (nSPS) is 17.7. The molecule has 7 rings (SSSR count). The van der Waals surface area contributed by atoms with Crippen molar-refractivity contribution in [3.05, 3.63) is 87.7 Å². The quantitative estimate of drug-likeness (QED) is 0.0555. The van der Waals surface area contributed by atoms with E-state index in [1.54, 1.807) is 44.1 Å². The summed E-state index contributed by atoms with van der Waals surface area (Å²) in [7, 11) is 1.60. The Morgan fingerprint density at radius 1 is 0.985 bits per heavy atom. The molecule has 3 heterocycles. The van der Waals surface area contributed by atoms with Gasteiger partial charge in [-0.3, -0.25) is 14.5 Å². The monoisotopic (exact) mass is 960 g/mol. The number of methoxy groups -OCH3 is 1. The Hall–Kier alpha value is -5.94. The zero-order valence-corrected chi connectivity index (χ0v) is 39.5. The van der Waals surface area contributed by atoms with Gasteiger partial charge in [0.05, 0.1) is 34.9 Å². The number of carbonyl (C=O) groups excluding carboxylic acids is 4. The van der Waals surface area contributed by atoms with Gasteiger partial charge in [-0.15, -0.1) is 0 Å². The standard InChI is InChI=1S/C50H60ClF3N8O6/c1-30(37-23-38(50(52,53)54)26-39(55)24-37)57-46-41-27-40(45(67-3)28-43(41)58-31(2)59-46)34-5-7-35(8-6-34)47(64)60-17-11-32(12-18-60)15-22-68-29-33-13-19-61(20-14-33)48(65)36-9-10-42(51)44(25-36)62(49(56)66)16-4-21-63/h5,9-10,21,23-28,30,32-33,35H,4,6-8,11-20,22,29,55H2,1-3H3,(H2,56,66)(H,57,58,59)/t30-,35?/m1/s1. The number of nitrogens with zero attached hydrogens (tertiary/aromatic N) is 5. The number of benzene rings is 3. The minimum Gasteiger partial charge on any atom is -0.496 e. The Balaban J connectivity index is 0.864. The molecule has 1 unspecified atom stereocenters. The molecule has 1 aromatic heterocycles. The molecule has 68 heavy (non-hydrogen) atoms. The highest BCUT2D eigenvalue weighted by Crippen LogP contribution is 2.40.